The SMILES string of the molecule is NC(=O)[C@H](Cc1ccc2ccccc2c1)NC(=O)[C@@H]1CCCCN1C(=O)CCSCP(=O)(O)O. The standard InChI is InChI=1S/C23H30N3O6PS/c24-22(28)19(14-16-8-9-17-5-1-2-6-18(17)13-16)25-23(29)20-7-3-4-11-26(20)21(27)10-12-34-15-33(30,31)32/h1-2,5-6,8-9,13,19-20H,3-4,7,10-12,14-15H2,(H2,24,28)(H,25,29)(H2,30,31,32)/t19-,20-/m0/s1. The molecule has 1 heterocycles. The summed E-state index contributed by atoms with van der Waals surface area (Å²) >= 11 is 1.01. The van der Waals surface area contributed by atoms with Crippen LogP contribution in [0, 0.1) is 0 Å². The van der Waals surface area contributed by atoms with Crippen molar-refractivity contribution in [3.05, 3.63) is 48.0 Å². The van der Waals surface area contributed by atoms with Crippen LogP contribution in [0.1, 0.15) is 31.2 Å². The normalized spacial score (nSPS) is 17.4. The van der Waals surface area contributed by atoms with Gasteiger partial charge in [0, 0.05) is 25.1 Å². The van der Waals surface area contributed by atoms with E-state index in [4.69, 9.17) is 15.5 Å². The van der Waals surface area contributed by atoms with Crippen molar-refractivity contribution >= 4 is 47.9 Å². The molecule has 5 N–H and O–H groups in total. The van der Waals surface area contributed by atoms with Crippen molar-refractivity contribution < 1.29 is 28.7 Å². The molecule has 2 aromatic carbocycles. The summed E-state index contributed by atoms with van der Waals surface area (Å²) in [4.78, 5) is 57.3. The van der Waals surface area contributed by atoms with Crippen LogP contribution in [0.4, 0.5) is 0 Å². The Balaban J connectivity index is 1.62. The number of carbonyl (C=O) groups excluding carboxylic acids is 3. The third-order valence-corrected chi connectivity index (χ3v) is 8.33. The van der Waals surface area contributed by atoms with Crippen LogP contribution in [0.2, 0.25) is 0 Å². The zero-order chi connectivity index (χ0) is 24.7. The molecule has 0 spiro atoms. The number of carbonyl (C=O) groups is 3. The Labute approximate surface area is 202 Å². The van der Waals surface area contributed by atoms with Gasteiger partial charge in [0.2, 0.25) is 17.7 Å². The minimum absolute atomic E-state index is 0.0742. The quantitative estimate of drug-likeness (QED) is 0.284. The highest BCUT2D eigenvalue weighted by atomic mass is 32.2. The highest BCUT2D eigenvalue weighted by Gasteiger charge is 2.33. The van der Waals surface area contributed by atoms with Crippen LogP contribution >= 0.6 is 19.4 Å². The molecule has 3 amide bonds. The fraction of sp³-hybridized carbons (Fsp3) is 0.435. The van der Waals surface area contributed by atoms with E-state index in [-0.39, 0.29) is 30.0 Å². The first-order chi connectivity index (χ1) is 16.1. The molecule has 34 heavy (non-hydrogen) atoms. The molecule has 184 valence electrons. The van der Waals surface area contributed by atoms with Crippen molar-refractivity contribution in [1.82, 2.24) is 10.2 Å². The first-order valence-corrected chi connectivity index (χ1v) is 14.1. The number of amides is 3. The minimum atomic E-state index is -4.12. The third kappa shape index (κ3) is 7.56. The predicted molar refractivity (Wildman–Crippen MR) is 132 cm³/mol. The summed E-state index contributed by atoms with van der Waals surface area (Å²) in [5.74, 6) is -1.06. The Morgan fingerprint density at radius 2 is 1.88 bits per heavy atom. The van der Waals surface area contributed by atoms with Crippen LogP contribution < -0.4 is 11.1 Å². The summed E-state index contributed by atoms with van der Waals surface area (Å²) in [5, 5.41) is 4.83. The molecular weight excluding hydrogens is 477 g/mol. The fourth-order valence-corrected chi connectivity index (χ4v) is 5.87. The molecule has 0 aliphatic carbocycles. The number of nitrogens with one attached hydrogen (secondary N) is 1. The number of piperidine rings is 1. The topological polar surface area (TPSA) is 150 Å². The van der Waals surface area contributed by atoms with Crippen LogP contribution in [0.25, 0.3) is 10.8 Å². The Hall–Kier alpha value is -2.39. The summed E-state index contributed by atoms with van der Waals surface area (Å²) in [5.41, 5.74) is 6.10. The monoisotopic (exact) mass is 507 g/mol. The summed E-state index contributed by atoms with van der Waals surface area (Å²) in [6.07, 6.45) is 2.34. The van der Waals surface area contributed by atoms with E-state index in [0.29, 0.717) is 13.0 Å². The molecule has 0 radical (unpaired) electrons. The van der Waals surface area contributed by atoms with Crippen molar-refractivity contribution in [2.24, 2.45) is 5.73 Å². The smallest absolute Gasteiger partial charge is 0.335 e. The first kappa shape index (κ1) is 26.2. The lowest BCUT2D eigenvalue weighted by molar-refractivity contribution is -0.142. The number of primary amides is 1. The summed E-state index contributed by atoms with van der Waals surface area (Å²) < 4.78 is 11.0. The van der Waals surface area contributed by atoms with Gasteiger partial charge in [-0.2, -0.15) is 0 Å². The van der Waals surface area contributed by atoms with Crippen LogP contribution in [-0.4, -0.2) is 62.3 Å². The number of nitrogens with two attached hydrogens (primary N) is 1. The molecular formula is C23H30N3O6PS. The van der Waals surface area contributed by atoms with E-state index >= 15 is 0 Å². The van der Waals surface area contributed by atoms with Gasteiger partial charge in [-0.05, 0) is 35.6 Å². The van der Waals surface area contributed by atoms with Crippen molar-refractivity contribution in [3.63, 3.8) is 0 Å². The number of benzene rings is 2. The number of fused-ring (bicyclic) bond motifs is 1. The molecule has 0 saturated carbocycles. The van der Waals surface area contributed by atoms with Crippen molar-refractivity contribution in [3.8, 4) is 0 Å². The van der Waals surface area contributed by atoms with Crippen molar-refractivity contribution in [2.75, 3.05) is 17.8 Å². The molecule has 9 nitrogen and oxygen atoms in total. The molecule has 11 heteroatoms. The highest BCUT2D eigenvalue weighted by Crippen LogP contribution is 2.38. The third-order valence-electron chi connectivity index (χ3n) is 5.76. The molecule has 0 unspecified atom stereocenters. The Morgan fingerprint density at radius 3 is 2.59 bits per heavy atom. The number of hydrogen-bond acceptors (Lipinski definition) is 5. The van der Waals surface area contributed by atoms with E-state index in [1.807, 2.05) is 42.5 Å². The number of thioether (sulfide) groups is 1. The Kier molecular flexibility index (Phi) is 9.13. The Morgan fingerprint density at radius 1 is 1.15 bits per heavy atom. The van der Waals surface area contributed by atoms with Gasteiger partial charge in [-0.15, -0.1) is 11.8 Å². The lowest BCUT2D eigenvalue weighted by Gasteiger charge is -2.35. The first-order valence-electron chi connectivity index (χ1n) is 11.1. The van der Waals surface area contributed by atoms with Crippen LogP contribution in [0.5, 0.6) is 0 Å². The molecule has 1 aliphatic heterocycles. The molecule has 2 atom stereocenters. The van der Waals surface area contributed by atoms with Crippen LogP contribution in [-0.2, 0) is 25.4 Å². The molecule has 1 saturated heterocycles. The molecule has 0 bridgehead atoms. The largest absolute Gasteiger partial charge is 0.368 e. The van der Waals surface area contributed by atoms with Crippen LogP contribution in [0.3, 0.4) is 0 Å². The Bertz CT molecular complexity index is 1090. The predicted octanol–water partition coefficient (Wildman–Crippen LogP) is 1.99. The van der Waals surface area contributed by atoms with E-state index < -0.39 is 31.5 Å². The second kappa shape index (κ2) is 11.8. The maximum atomic E-state index is 13.1. The summed E-state index contributed by atoms with van der Waals surface area (Å²) in [6.45, 7) is 0.423. The lowest BCUT2D eigenvalue weighted by atomic mass is 9.98. The average molecular weight is 508 g/mol. The summed E-state index contributed by atoms with van der Waals surface area (Å²) in [7, 11) is -4.12. The van der Waals surface area contributed by atoms with Gasteiger partial charge >= 0.3 is 7.60 Å². The van der Waals surface area contributed by atoms with Gasteiger partial charge in [0.25, 0.3) is 0 Å². The van der Waals surface area contributed by atoms with E-state index in [9.17, 15) is 18.9 Å². The zero-order valence-electron chi connectivity index (χ0n) is 18.8. The molecule has 0 aromatic heterocycles. The van der Waals surface area contributed by atoms with Gasteiger partial charge in [-0.25, -0.2) is 0 Å². The maximum absolute atomic E-state index is 13.1. The van der Waals surface area contributed by atoms with E-state index in [2.05, 4.69) is 5.32 Å². The number of hydrogen-bond donors (Lipinski definition) is 4. The minimum Gasteiger partial charge on any atom is -0.368 e. The van der Waals surface area contributed by atoms with Crippen LogP contribution in [0.15, 0.2) is 42.5 Å². The van der Waals surface area contributed by atoms with Crippen molar-refractivity contribution in [2.45, 2.75) is 44.2 Å². The van der Waals surface area contributed by atoms with Gasteiger partial charge in [0.05, 0.1) is 5.49 Å². The maximum Gasteiger partial charge on any atom is 0.335 e. The fourth-order valence-electron chi connectivity index (χ4n) is 4.08. The van der Waals surface area contributed by atoms with E-state index in [0.717, 1.165) is 40.9 Å². The van der Waals surface area contributed by atoms with Gasteiger partial charge in [-0.1, -0.05) is 42.5 Å². The van der Waals surface area contributed by atoms with E-state index in [1.54, 1.807) is 0 Å². The molecule has 1 aliphatic rings. The average Bonchev–Trinajstić information content (AvgIpc) is 2.80. The second-order valence-electron chi connectivity index (χ2n) is 8.40. The van der Waals surface area contributed by atoms with E-state index in [1.165, 1.54) is 4.90 Å². The molecule has 1 fully saturated rings. The molecule has 3 rings (SSSR count). The lowest BCUT2D eigenvalue weighted by Crippen LogP contribution is -2.56. The number of likely N-dealkylation sites (tertiary alicyclic amines) is 1. The van der Waals surface area contributed by atoms with Crippen molar-refractivity contribution in [1.29, 1.82) is 0 Å². The molecule has 2 aromatic rings. The summed E-state index contributed by atoms with van der Waals surface area (Å²) in [6, 6.07) is 12.0. The number of nitrogens with zero attached hydrogens (tertiary/aromatic N) is 1. The second-order valence-corrected chi connectivity index (χ2v) is 11.6. The van der Waals surface area contributed by atoms with Gasteiger partial charge in [0.1, 0.15) is 12.1 Å². The van der Waals surface area contributed by atoms with Gasteiger partial charge in [0.15, 0.2) is 0 Å². The highest BCUT2D eigenvalue weighted by molar-refractivity contribution is 8.04. The number of rotatable bonds is 10. The van der Waals surface area contributed by atoms with Gasteiger partial charge in [-0.3, -0.25) is 18.9 Å². The zero-order valence-corrected chi connectivity index (χ0v) is 20.5. The van der Waals surface area contributed by atoms with Gasteiger partial charge < -0.3 is 25.7 Å².